The Balaban J connectivity index is 0.00000391. The van der Waals surface area contributed by atoms with E-state index in [0.717, 1.165) is 5.57 Å². The fourth-order valence-corrected chi connectivity index (χ4v) is 9.50. The van der Waals surface area contributed by atoms with Crippen molar-refractivity contribution < 1.29 is 67.9 Å². The minimum atomic E-state index is -1.79. The smallest absolute Gasteiger partial charge is 0.465 e. The number of allylic oxidation sites excluding steroid dienone is 4. The number of carbonyl (C=O) groups excluding carboxylic acids is 5. The molecule has 330 valence electrons. The first kappa shape index (κ1) is 47.5. The summed E-state index contributed by atoms with van der Waals surface area (Å²) in [5.74, 6) is -3.90. The first-order valence-electron chi connectivity index (χ1n) is 19.7. The largest absolute Gasteiger partial charge is 0.514 e. The highest BCUT2D eigenvalue weighted by atomic mass is 35.5. The summed E-state index contributed by atoms with van der Waals surface area (Å²) in [7, 11) is 0. The van der Waals surface area contributed by atoms with Crippen LogP contribution in [-0.4, -0.2) is 95.5 Å². The van der Waals surface area contributed by atoms with Crippen molar-refractivity contribution in [3.05, 3.63) is 73.9 Å². The number of ether oxygens (including phenoxy) is 4. The molecule has 0 saturated heterocycles. The minimum absolute atomic E-state index is 0.0129. The van der Waals surface area contributed by atoms with Crippen LogP contribution in [0, 0.1) is 55.2 Å². The van der Waals surface area contributed by atoms with E-state index in [1.165, 1.54) is 24.6 Å². The lowest BCUT2D eigenvalue weighted by molar-refractivity contribution is -0.757. The Bertz CT molecular complexity index is 1810. The van der Waals surface area contributed by atoms with Crippen molar-refractivity contribution in [1.82, 2.24) is 0 Å². The van der Waals surface area contributed by atoms with Crippen LogP contribution in [0.1, 0.15) is 70.8 Å². The van der Waals surface area contributed by atoms with E-state index in [1.54, 1.807) is 25.1 Å². The van der Waals surface area contributed by atoms with Gasteiger partial charge in [0.05, 0.1) is 25.9 Å². The quantitative estimate of drug-likeness (QED) is 0.0370. The number of esters is 2. The highest BCUT2D eigenvalue weighted by molar-refractivity contribution is 6.15. The maximum absolute atomic E-state index is 14.3. The average molecular weight is 866 g/mol. The molecule has 0 amide bonds. The van der Waals surface area contributed by atoms with Crippen molar-refractivity contribution in [2.45, 2.75) is 89.4 Å². The third-order valence-corrected chi connectivity index (χ3v) is 12.0. The van der Waals surface area contributed by atoms with Gasteiger partial charge in [0.25, 0.3) is 10.2 Å². The second-order valence-electron chi connectivity index (χ2n) is 15.5. The van der Waals surface area contributed by atoms with Crippen LogP contribution in [0.2, 0.25) is 0 Å². The number of nitrogens with two attached hydrogens (primary N) is 1. The molecule has 0 heterocycles. The number of hydrogen-bond donors (Lipinski definition) is 2. The Morgan fingerprint density at radius 3 is 2.28 bits per heavy atom. The fraction of sp³-hybridized carbons (Fsp3) is 0.625. The molecule has 8 unspecified atom stereocenters. The van der Waals surface area contributed by atoms with Crippen molar-refractivity contribution in [1.29, 1.82) is 0 Å². The van der Waals surface area contributed by atoms with Gasteiger partial charge >= 0.3 is 18.1 Å². The van der Waals surface area contributed by atoms with Crippen LogP contribution < -0.4 is 10.5 Å². The lowest BCUT2D eigenvalue weighted by Crippen LogP contribution is -2.59. The third-order valence-electron chi connectivity index (χ3n) is 12.0. The number of ketones is 2. The third kappa shape index (κ3) is 11.4. The van der Waals surface area contributed by atoms with Crippen molar-refractivity contribution in [2.75, 3.05) is 32.8 Å². The number of Topliss-reactive ketones (excluding diaryl/α,β-unsaturated/α-hetero) is 1. The SMILES string of the molecule is CC1CC2C3CCC4=CC(=O)C=CC4(C)C3C(O)CC2[C@@]1(OC(=O)CCCO[N+](=O)[O-])C(=O)COC(=O)Oc1ccc(CC(N)C(=O)OCCCCO[N+](=O)[O-])cc1.CCl. The topological polar surface area (TPSA) is 273 Å². The summed E-state index contributed by atoms with van der Waals surface area (Å²) in [6.07, 6.45) is 6.61. The van der Waals surface area contributed by atoms with Crippen molar-refractivity contribution >= 4 is 41.3 Å². The van der Waals surface area contributed by atoms with E-state index >= 15 is 0 Å². The normalized spacial score (nSPS) is 27.8. The summed E-state index contributed by atoms with van der Waals surface area (Å²) in [6.45, 7) is 2.51. The number of aliphatic hydroxyl groups excluding tert-OH is 1. The van der Waals surface area contributed by atoms with E-state index in [0.29, 0.717) is 37.7 Å². The van der Waals surface area contributed by atoms with Crippen molar-refractivity contribution in [2.24, 2.45) is 40.7 Å². The molecule has 9 atom stereocenters. The Labute approximate surface area is 351 Å². The molecule has 0 radical (unpaired) electrons. The van der Waals surface area contributed by atoms with Gasteiger partial charge in [0, 0.05) is 36.0 Å². The number of rotatable bonds is 19. The molecule has 1 aromatic rings. The summed E-state index contributed by atoms with van der Waals surface area (Å²) < 4.78 is 21.8. The molecule has 0 bridgehead atoms. The standard InChI is InChI=1S/C39H49N3O16.CH3Cl/c1-23-18-29-28-12-9-25-20-26(43)13-14-38(25,2)35(28)32(44)21-30(29)39(23,58-34(46)6-5-17-56-42(51)52)33(45)22-54-37(48)57-27-10-7-24(8-11-27)19-31(40)36(47)53-15-3-4-16-55-41(49)50;1-2/h7-8,10-11,13-14,20,23,28-32,35,44H,3-6,9,12,15-19,21-22,40H2,1-2H3;1H3/t23?,28?,29?,30?,31?,32?,35?,38?,39-;/m1./s1. The summed E-state index contributed by atoms with van der Waals surface area (Å²) in [4.78, 5) is 94.3. The van der Waals surface area contributed by atoms with Gasteiger partial charge in [-0.1, -0.05) is 37.6 Å². The molecule has 4 aliphatic rings. The number of nitrogens with zero attached hydrogens (tertiary/aromatic N) is 2. The first-order valence-corrected chi connectivity index (χ1v) is 20.5. The molecular formula is C40H52ClN3O16. The maximum Gasteiger partial charge on any atom is 0.514 e. The fourth-order valence-electron chi connectivity index (χ4n) is 9.50. The van der Waals surface area contributed by atoms with Gasteiger partial charge in [0.1, 0.15) is 11.8 Å². The van der Waals surface area contributed by atoms with E-state index < -0.39 is 75.7 Å². The number of aliphatic hydroxyl groups is 1. The monoisotopic (exact) mass is 865 g/mol. The number of alkyl halides is 1. The number of fused-ring (bicyclic) bond motifs is 5. The zero-order chi connectivity index (χ0) is 44.2. The average Bonchev–Trinajstić information content (AvgIpc) is 3.48. The van der Waals surface area contributed by atoms with Crippen LogP contribution in [0.4, 0.5) is 4.79 Å². The van der Waals surface area contributed by atoms with Crippen LogP contribution in [-0.2, 0) is 49.5 Å². The summed E-state index contributed by atoms with van der Waals surface area (Å²) in [5, 5.41) is 30.7. The van der Waals surface area contributed by atoms with Crippen LogP contribution >= 0.6 is 11.6 Å². The molecule has 3 saturated carbocycles. The van der Waals surface area contributed by atoms with Crippen LogP contribution in [0.15, 0.2) is 48.1 Å². The predicted octanol–water partition coefficient (Wildman–Crippen LogP) is 4.43. The highest BCUT2D eigenvalue weighted by Crippen LogP contribution is 2.64. The summed E-state index contributed by atoms with van der Waals surface area (Å²) in [5.41, 5.74) is 5.16. The Kier molecular flexibility index (Phi) is 17.0. The van der Waals surface area contributed by atoms with Crippen LogP contribution in [0.5, 0.6) is 5.75 Å². The predicted molar refractivity (Wildman–Crippen MR) is 209 cm³/mol. The number of halogens is 1. The molecule has 1 aromatic carbocycles. The number of unbranched alkanes of at least 4 members (excludes halogenated alkanes) is 1. The van der Waals surface area contributed by atoms with Crippen molar-refractivity contribution in [3.63, 3.8) is 0 Å². The minimum Gasteiger partial charge on any atom is -0.465 e. The Hall–Kier alpha value is -5.14. The van der Waals surface area contributed by atoms with Gasteiger partial charge < -0.3 is 39.5 Å². The van der Waals surface area contributed by atoms with Gasteiger partial charge in [0.2, 0.25) is 5.78 Å². The van der Waals surface area contributed by atoms with E-state index in [9.17, 15) is 49.3 Å². The molecule has 19 nitrogen and oxygen atoms in total. The number of hydrogen-bond acceptors (Lipinski definition) is 17. The molecule has 4 aliphatic carbocycles. The maximum atomic E-state index is 14.3. The summed E-state index contributed by atoms with van der Waals surface area (Å²) in [6, 6.07) is 4.99. The van der Waals surface area contributed by atoms with Crippen LogP contribution in [0.3, 0.4) is 0 Å². The first-order chi connectivity index (χ1) is 28.5. The van der Waals surface area contributed by atoms with E-state index in [1.807, 2.05) is 13.0 Å². The van der Waals surface area contributed by atoms with Crippen LogP contribution in [0.25, 0.3) is 0 Å². The molecule has 0 spiro atoms. The van der Waals surface area contributed by atoms with E-state index in [4.69, 9.17) is 24.7 Å². The van der Waals surface area contributed by atoms with Gasteiger partial charge in [0.15, 0.2) is 18.0 Å². The highest BCUT2D eigenvalue weighted by Gasteiger charge is 2.67. The molecule has 20 heteroatoms. The number of benzene rings is 1. The molecule has 3 fully saturated rings. The van der Waals surface area contributed by atoms with E-state index in [2.05, 4.69) is 21.3 Å². The molecule has 5 rings (SSSR count). The van der Waals surface area contributed by atoms with E-state index in [-0.39, 0.29) is 74.8 Å². The van der Waals surface area contributed by atoms with Crippen molar-refractivity contribution in [3.8, 4) is 5.75 Å². The second-order valence-corrected chi connectivity index (χ2v) is 15.5. The molecule has 60 heavy (non-hydrogen) atoms. The lowest BCUT2D eigenvalue weighted by Gasteiger charge is -2.56. The summed E-state index contributed by atoms with van der Waals surface area (Å²) >= 11 is 4.64. The van der Waals surface area contributed by atoms with Gasteiger partial charge in [-0.15, -0.1) is 31.8 Å². The second kappa shape index (κ2) is 21.4. The lowest BCUT2D eigenvalue weighted by atomic mass is 9.49. The number of carbonyl (C=O) groups is 5. The molecule has 3 N–H and O–H groups in total. The Morgan fingerprint density at radius 2 is 1.62 bits per heavy atom. The Morgan fingerprint density at radius 1 is 0.967 bits per heavy atom. The molecule has 0 aromatic heterocycles. The molecule has 0 aliphatic heterocycles. The molecular weight excluding hydrogens is 814 g/mol. The van der Waals surface area contributed by atoms with Gasteiger partial charge in [-0.25, -0.2) is 4.79 Å². The van der Waals surface area contributed by atoms with Gasteiger partial charge in [-0.05, 0) is 93.1 Å². The zero-order valence-corrected chi connectivity index (χ0v) is 34.5. The van der Waals surface area contributed by atoms with Gasteiger partial charge in [-0.2, -0.15) is 0 Å². The zero-order valence-electron chi connectivity index (χ0n) is 33.7. The van der Waals surface area contributed by atoms with Gasteiger partial charge in [-0.3, -0.25) is 19.2 Å².